The van der Waals surface area contributed by atoms with Gasteiger partial charge in [0.05, 0.1) is 24.0 Å². The van der Waals surface area contributed by atoms with Gasteiger partial charge in [0.25, 0.3) is 0 Å². The number of aliphatic imine (C=N–C) groups is 1. The Labute approximate surface area is 316 Å². The number of aromatic nitrogens is 2. The number of carbonyl (C=O) groups excluding carboxylic acids is 2. The van der Waals surface area contributed by atoms with Crippen molar-refractivity contribution in [2.24, 2.45) is 4.99 Å². The van der Waals surface area contributed by atoms with Crippen LogP contribution < -0.4 is 20.1 Å². The van der Waals surface area contributed by atoms with Crippen LogP contribution in [0.25, 0.3) is 21.9 Å². The highest BCUT2D eigenvalue weighted by molar-refractivity contribution is 5.86. The maximum atomic E-state index is 13.0. The van der Waals surface area contributed by atoms with E-state index >= 15 is 0 Å². The molecule has 2 N–H and O–H groups in total. The van der Waals surface area contributed by atoms with Gasteiger partial charge in [0.2, 0.25) is 6.08 Å². The van der Waals surface area contributed by atoms with Gasteiger partial charge in [0.1, 0.15) is 11.5 Å². The number of rotatable bonds is 16. The number of nitrogens with one attached hydrogen (secondary N) is 2. The zero-order valence-electron chi connectivity index (χ0n) is 31.3. The van der Waals surface area contributed by atoms with Crippen molar-refractivity contribution in [2.75, 3.05) is 53.5 Å². The number of hydrogen-bond donors (Lipinski definition) is 2. The Morgan fingerprint density at radius 2 is 1.31 bits per heavy atom. The van der Waals surface area contributed by atoms with Crippen LogP contribution in [0.15, 0.2) is 38.3 Å². The molecule has 2 amide bonds. The number of nitrogens with zero attached hydrogens (tertiary/aromatic N) is 4. The molecule has 0 aliphatic heterocycles. The third-order valence-electron chi connectivity index (χ3n) is 7.56. The molecule has 0 fully saturated rings. The summed E-state index contributed by atoms with van der Waals surface area (Å²) in [5, 5.41) is 12.0. The van der Waals surface area contributed by atoms with E-state index in [1.54, 1.807) is 24.9 Å². The van der Waals surface area contributed by atoms with E-state index in [0.29, 0.717) is 74.7 Å². The van der Waals surface area contributed by atoms with E-state index in [9.17, 15) is 31.1 Å². The number of halogens is 6. The molecule has 0 saturated carbocycles. The first-order valence-electron chi connectivity index (χ1n) is 17.6. The van der Waals surface area contributed by atoms with Gasteiger partial charge in [-0.25, -0.2) is 14.6 Å². The summed E-state index contributed by atoms with van der Waals surface area (Å²) >= 11 is 0. The van der Waals surface area contributed by atoms with Gasteiger partial charge in [-0.15, -0.1) is 0 Å². The lowest BCUT2D eigenvalue weighted by atomic mass is 10.0. The molecule has 18 heteroatoms. The molecule has 55 heavy (non-hydrogen) atoms. The minimum absolute atomic E-state index is 0. The number of hydrogen-bond acceptors (Lipinski definition) is 10. The topological polar surface area (TPSA) is 144 Å². The van der Waals surface area contributed by atoms with Crippen molar-refractivity contribution in [3.63, 3.8) is 0 Å². The molecule has 0 saturated heterocycles. The lowest BCUT2D eigenvalue weighted by molar-refractivity contribution is -0.142. The monoisotopic (exact) mass is 790 g/mol. The van der Waals surface area contributed by atoms with Gasteiger partial charge in [0, 0.05) is 37.8 Å². The van der Waals surface area contributed by atoms with Crippen LogP contribution in [-0.4, -0.2) is 80.8 Å². The summed E-state index contributed by atoms with van der Waals surface area (Å²) in [4.78, 5) is 25.5. The lowest BCUT2D eigenvalue weighted by Gasteiger charge is -2.18. The molecule has 0 aliphatic rings. The molecule has 308 valence electrons. The summed E-state index contributed by atoms with van der Waals surface area (Å²) in [7, 11) is 3.54. The van der Waals surface area contributed by atoms with Crippen molar-refractivity contribution >= 4 is 34.0 Å². The van der Waals surface area contributed by atoms with E-state index in [1.165, 1.54) is 24.3 Å². The second kappa shape index (κ2) is 23.8. The maximum Gasteiger partial charge on any atom is 0.437 e. The van der Waals surface area contributed by atoms with Crippen molar-refractivity contribution < 1.29 is 54.5 Å². The number of ether oxygens (including phenoxy) is 2. The number of benzene rings is 2. The minimum Gasteiger partial charge on any atom is -0.493 e. The summed E-state index contributed by atoms with van der Waals surface area (Å²) in [5.74, 6) is 1.05. The summed E-state index contributed by atoms with van der Waals surface area (Å²) in [6.07, 6.45) is -3.73. The van der Waals surface area contributed by atoms with Crippen LogP contribution in [0, 0.1) is 0 Å². The molecule has 0 spiro atoms. The van der Waals surface area contributed by atoms with Gasteiger partial charge in [-0.1, -0.05) is 44.4 Å². The number of alkyl halides is 6. The van der Waals surface area contributed by atoms with Crippen LogP contribution in [-0.2, 0) is 30.0 Å². The number of amides is 2. The van der Waals surface area contributed by atoms with Gasteiger partial charge in [-0.2, -0.15) is 26.3 Å². The fraction of sp³-hybridized carbons (Fsp3) is 0.568. The molecule has 4 aromatic rings. The third-order valence-corrected chi connectivity index (χ3v) is 7.56. The zero-order valence-corrected chi connectivity index (χ0v) is 31.3. The fourth-order valence-electron chi connectivity index (χ4n) is 5.10. The Balaban J connectivity index is 0.000000489. The molecular weight excluding hydrogens is 738 g/mol. The minimum atomic E-state index is -4.57. The van der Waals surface area contributed by atoms with Gasteiger partial charge in [-0.05, 0) is 77.4 Å². The molecule has 2 aromatic heterocycles. The van der Waals surface area contributed by atoms with E-state index in [1.807, 2.05) is 27.8 Å². The van der Waals surface area contributed by atoms with Gasteiger partial charge in [0.15, 0.2) is 22.6 Å². The second-order valence-corrected chi connectivity index (χ2v) is 11.7. The van der Waals surface area contributed by atoms with E-state index < -0.39 is 23.7 Å². The highest BCUT2D eigenvalue weighted by atomic mass is 19.4. The SMILES string of the molecule is C.CCCc1c(OCCCN(C)C(=O)NCC)ccc2c(C(F)(F)F)noc12.CCCc1c(OCCCNC)ccc2c(C(F)(F)F)noc12.CCN=C=O. The molecule has 0 atom stereocenters. The average molecular weight is 791 g/mol. The number of isocyanates is 1. The first kappa shape index (κ1) is 48.2. The largest absolute Gasteiger partial charge is 0.493 e. The van der Waals surface area contributed by atoms with Gasteiger partial charge >= 0.3 is 18.4 Å². The smallest absolute Gasteiger partial charge is 0.437 e. The van der Waals surface area contributed by atoms with E-state index in [2.05, 4.69) is 25.9 Å². The number of urea groups is 1. The van der Waals surface area contributed by atoms with Crippen LogP contribution in [0.1, 0.15) is 83.3 Å². The van der Waals surface area contributed by atoms with Crippen LogP contribution in [0.2, 0.25) is 0 Å². The summed E-state index contributed by atoms with van der Waals surface area (Å²) in [5.41, 5.74) is -0.504. The quantitative estimate of drug-likeness (QED) is 0.0492. The maximum absolute atomic E-state index is 13.0. The molecule has 0 radical (unpaired) electrons. The van der Waals surface area contributed by atoms with E-state index in [-0.39, 0.29) is 35.4 Å². The first-order chi connectivity index (χ1) is 25.7. The second-order valence-electron chi connectivity index (χ2n) is 11.7. The van der Waals surface area contributed by atoms with Crippen LogP contribution in [0.4, 0.5) is 31.1 Å². The first-order valence-corrected chi connectivity index (χ1v) is 17.6. The Kier molecular flexibility index (Phi) is 20.9. The van der Waals surface area contributed by atoms with Crippen LogP contribution >= 0.6 is 0 Å². The Morgan fingerprint density at radius 3 is 1.67 bits per heavy atom. The molecule has 0 unspecified atom stereocenters. The normalized spacial score (nSPS) is 11.1. The third kappa shape index (κ3) is 14.4. The van der Waals surface area contributed by atoms with Crippen molar-refractivity contribution in [1.29, 1.82) is 0 Å². The number of carbonyl (C=O) groups is 1. The molecule has 4 rings (SSSR count). The Bertz CT molecular complexity index is 1790. The molecule has 2 heterocycles. The van der Waals surface area contributed by atoms with Crippen LogP contribution in [0.5, 0.6) is 11.5 Å². The fourth-order valence-corrected chi connectivity index (χ4v) is 5.10. The molecule has 2 aromatic carbocycles. The molecule has 0 bridgehead atoms. The summed E-state index contributed by atoms with van der Waals surface area (Å²) in [6, 6.07) is 5.62. The van der Waals surface area contributed by atoms with Gasteiger partial charge in [-0.3, -0.25) is 0 Å². The van der Waals surface area contributed by atoms with Crippen LogP contribution in [0.3, 0.4) is 0 Å². The summed E-state index contributed by atoms with van der Waals surface area (Å²) in [6.45, 7) is 10.7. The summed E-state index contributed by atoms with van der Waals surface area (Å²) < 4.78 is 99.2. The van der Waals surface area contributed by atoms with Gasteiger partial charge < -0.3 is 34.1 Å². The van der Waals surface area contributed by atoms with Crippen molar-refractivity contribution in [1.82, 2.24) is 25.8 Å². The molecule has 0 aliphatic carbocycles. The average Bonchev–Trinajstić information content (AvgIpc) is 3.77. The standard InChI is InChI=1S/C18H24F3N3O3.C15H19F3N2O2.C3H5NO.CH4/c1-4-7-12-14(26-11-6-10-24(3)17(25)22-5-2)9-8-13-15(12)27-23-16(13)18(19,20)21;1-3-5-10-12(21-9-4-8-19-2)7-6-11-13(10)22-20-14(11)15(16,17)18;1-2-4-3-5;/h8-9H,4-7,10-11H2,1-3H3,(H,22,25);6-7,19H,3-5,8-9H2,1-2H3;2H2,1H3;1H4. The molecule has 12 nitrogen and oxygen atoms in total. The molecular formula is C37H52F6N6O6. The zero-order chi connectivity index (χ0) is 40.3. The number of fused-ring (bicyclic) bond motifs is 2. The number of aryl methyl sites for hydroxylation is 2. The highest BCUT2D eigenvalue weighted by Gasteiger charge is 2.38. The van der Waals surface area contributed by atoms with E-state index in [4.69, 9.17) is 23.3 Å². The highest BCUT2D eigenvalue weighted by Crippen LogP contribution is 2.39. The predicted octanol–water partition coefficient (Wildman–Crippen LogP) is 8.99. The van der Waals surface area contributed by atoms with E-state index in [0.717, 1.165) is 25.8 Å². The van der Waals surface area contributed by atoms with Crippen molar-refractivity contribution in [3.05, 3.63) is 46.8 Å². The lowest BCUT2D eigenvalue weighted by Crippen LogP contribution is -2.37. The Hall–Kier alpha value is -4.83. The predicted molar refractivity (Wildman–Crippen MR) is 197 cm³/mol. The van der Waals surface area contributed by atoms with Crippen molar-refractivity contribution in [2.45, 2.75) is 86.0 Å². The Morgan fingerprint density at radius 1 is 0.836 bits per heavy atom. The van der Waals surface area contributed by atoms with Crippen molar-refractivity contribution in [3.8, 4) is 11.5 Å².